The minimum Gasteiger partial charge on any atom is -0.494 e. The van der Waals surface area contributed by atoms with Gasteiger partial charge in [0, 0.05) is 19.5 Å². The highest BCUT2D eigenvalue weighted by Crippen LogP contribution is 2.16. The first kappa shape index (κ1) is 24.4. The van der Waals surface area contributed by atoms with Gasteiger partial charge in [-0.15, -0.1) is 0 Å². The molecule has 2 amide bonds. The first-order chi connectivity index (χ1) is 14.9. The Labute approximate surface area is 186 Å². The Morgan fingerprint density at radius 2 is 1.74 bits per heavy atom. The average Bonchev–Trinajstić information content (AvgIpc) is 2.77. The molecule has 0 saturated heterocycles. The second-order valence-corrected chi connectivity index (χ2v) is 8.03. The van der Waals surface area contributed by atoms with Crippen LogP contribution in [0.3, 0.4) is 0 Å². The Morgan fingerprint density at radius 3 is 2.42 bits per heavy atom. The first-order valence-electron chi connectivity index (χ1n) is 11.2. The molecule has 0 fully saturated rings. The maximum Gasteiger partial charge on any atom is 0.242 e. The number of nitrogens with zero attached hydrogens (tertiary/aromatic N) is 1. The van der Waals surface area contributed by atoms with Crippen molar-refractivity contribution in [1.82, 2.24) is 10.2 Å². The summed E-state index contributed by atoms with van der Waals surface area (Å²) in [6.45, 7) is 9.47. The topological polar surface area (TPSA) is 58.6 Å². The second-order valence-electron chi connectivity index (χ2n) is 8.03. The fourth-order valence-corrected chi connectivity index (χ4v) is 3.28. The maximum atomic E-state index is 13.1. The molecule has 1 N–H and O–H groups in total. The molecule has 1 atom stereocenters. The molecule has 0 aliphatic heterocycles. The summed E-state index contributed by atoms with van der Waals surface area (Å²) in [5, 5.41) is 2.95. The van der Waals surface area contributed by atoms with Crippen LogP contribution >= 0.6 is 0 Å². The van der Waals surface area contributed by atoms with Gasteiger partial charge in [0.05, 0.1) is 6.61 Å². The summed E-state index contributed by atoms with van der Waals surface area (Å²) in [7, 11) is 0. The van der Waals surface area contributed by atoms with E-state index in [9.17, 15) is 9.59 Å². The number of amides is 2. The van der Waals surface area contributed by atoms with Gasteiger partial charge in [0.25, 0.3) is 0 Å². The van der Waals surface area contributed by atoms with Crippen molar-refractivity contribution in [1.29, 1.82) is 0 Å². The summed E-state index contributed by atoms with van der Waals surface area (Å²) in [5.41, 5.74) is 3.35. The van der Waals surface area contributed by atoms with Crippen molar-refractivity contribution in [2.75, 3.05) is 13.2 Å². The van der Waals surface area contributed by atoms with Crippen molar-refractivity contribution in [2.24, 2.45) is 0 Å². The lowest BCUT2D eigenvalue weighted by molar-refractivity contribution is -0.140. The Kier molecular flexibility index (Phi) is 10.1. The largest absolute Gasteiger partial charge is 0.494 e. The highest BCUT2D eigenvalue weighted by Gasteiger charge is 2.26. The van der Waals surface area contributed by atoms with Gasteiger partial charge in [-0.05, 0) is 56.9 Å². The molecule has 31 heavy (non-hydrogen) atoms. The summed E-state index contributed by atoms with van der Waals surface area (Å²) < 4.78 is 5.75. The van der Waals surface area contributed by atoms with Crippen LogP contribution in [0.2, 0.25) is 0 Å². The molecular weight excluding hydrogens is 388 g/mol. The van der Waals surface area contributed by atoms with Gasteiger partial charge in [0.15, 0.2) is 0 Å². The lowest BCUT2D eigenvalue weighted by atomic mass is 10.1. The third-order valence-electron chi connectivity index (χ3n) is 5.42. The van der Waals surface area contributed by atoms with Gasteiger partial charge < -0.3 is 15.0 Å². The maximum absolute atomic E-state index is 13.1. The van der Waals surface area contributed by atoms with Gasteiger partial charge in [-0.1, -0.05) is 55.3 Å². The van der Waals surface area contributed by atoms with Crippen molar-refractivity contribution >= 4 is 11.8 Å². The SMILES string of the molecule is CCCCNC(=O)C(C)N(Cc1ccccc1C)C(=O)CCCOc1ccc(C)cc1. The van der Waals surface area contributed by atoms with Crippen LogP contribution in [-0.4, -0.2) is 35.9 Å². The Balaban J connectivity index is 1.98. The molecule has 0 aromatic heterocycles. The third kappa shape index (κ3) is 8.08. The van der Waals surface area contributed by atoms with Crippen LogP contribution in [-0.2, 0) is 16.1 Å². The quantitative estimate of drug-likeness (QED) is 0.498. The number of benzene rings is 2. The zero-order valence-corrected chi connectivity index (χ0v) is 19.3. The van der Waals surface area contributed by atoms with Gasteiger partial charge in [-0.3, -0.25) is 9.59 Å². The minimum absolute atomic E-state index is 0.0334. The molecule has 2 aromatic carbocycles. The number of ether oxygens (including phenoxy) is 1. The zero-order valence-electron chi connectivity index (χ0n) is 19.3. The minimum atomic E-state index is -0.526. The van der Waals surface area contributed by atoms with Crippen LogP contribution in [0.5, 0.6) is 5.75 Å². The molecule has 2 aromatic rings. The molecule has 0 aliphatic rings. The molecule has 0 heterocycles. The number of aryl methyl sites for hydroxylation is 2. The summed E-state index contributed by atoms with van der Waals surface area (Å²) in [5.74, 6) is 0.665. The Hall–Kier alpha value is -2.82. The van der Waals surface area contributed by atoms with Gasteiger partial charge in [-0.25, -0.2) is 0 Å². The number of carbonyl (C=O) groups is 2. The van der Waals surface area contributed by atoms with E-state index in [-0.39, 0.29) is 11.8 Å². The predicted octanol–water partition coefficient (Wildman–Crippen LogP) is 4.80. The zero-order chi connectivity index (χ0) is 22.6. The predicted molar refractivity (Wildman–Crippen MR) is 125 cm³/mol. The van der Waals surface area contributed by atoms with E-state index in [1.807, 2.05) is 62.4 Å². The van der Waals surface area contributed by atoms with Crippen LogP contribution in [0.4, 0.5) is 0 Å². The Bertz CT molecular complexity index is 833. The lowest BCUT2D eigenvalue weighted by Crippen LogP contribution is -2.47. The Morgan fingerprint density at radius 1 is 1.03 bits per heavy atom. The molecule has 168 valence electrons. The highest BCUT2D eigenvalue weighted by molar-refractivity contribution is 5.87. The molecule has 0 saturated carbocycles. The van der Waals surface area contributed by atoms with Crippen molar-refractivity contribution in [2.45, 2.75) is 66.0 Å². The van der Waals surface area contributed by atoms with Crippen LogP contribution < -0.4 is 10.1 Å². The molecular formula is C26H36N2O3. The smallest absolute Gasteiger partial charge is 0.242 e. The van der Waals surface area contributed by atoms with Crippen molar-refractivity contribution in [3.8, 4) is 5.75 Å². The van der Waals surface area contributed by atoms with Crippen LogP contribution in [0.25, 0.3) is 0 Å². The van der Waals surface area contributed by atoms with Crippen LogP contribution in [0.15, 0.2) is 48.5 Å². The summed E-state index contributed by atoms with van der Waals surface area (Å²) in [4.78, 5) is 27.4. The molecule has 0 radical (unpaired) electrons. The molecule has 0 spiro atoms. The van der Waals surface area contributed by atoms with E-state index in [1.54, 1.807) is 11.8 Å². The normalized spacial score (nSPS) is 11.6. The van der Waals surface area contributed by atoms with Crippen molar-refractivity contribution in [3.05, 3.63) is 65.2 Å². The average molecular weight is 425 g/mol. The molecule has 1 unspecified atom stereocenters. The van der Waals surface area contributed by atoms with Crippen LogP contribution in [0, 0.1) is 13.8 Å². The van der Waals surface area contributed by atoms with Gasteiger partial charge in [0.1, 0.15) is 11.8 Å². The second kappa shape index (κ2) is 12.8. The molecule has 5 heteroatoms. The van der Waals surface area contributed by atoms with E-state index < -0.39 is 6.04 Å². The van der Waals surface area contributed by atoms with E-state index in [1.165, 1.54) is 5.56 Å². The fraction of sp³-hybridized carbons (Fsp3) is 0.462. The number of rotatable bonds is 12. The number of nitrogens with one attached hydrogen (secondary N) is 1. The van der Waals surface area contributed by atoms with Gasteiger partial charge in [0.2, 0.25) is 11.8 Å². The van der Waals surface area contributed by atoms with Crippen molar-refractivity contribution in [3.63, 3.8) is 0 Å². The summed E-state index contributed by atoms with van der Waals surface area (Å²) >= 11 is 0. The van der Waals surface area contributed by atoms with E-state index in [0.29, 0.717) is 32.5 Å². The molecule has 2 rings (SSSR count). The highest BCUT2D eigenvalue weighted by atomic mass is 16.5. The molecule has 0 aliphatic carbocycles. The molecule has 0 bridgehead atoms. The number of hydrogen-bond acceptors (Lipinski definition) is 3. The third-order valence-corrected chi connectivity index (χ3v) is 5.42. The van der Waals surface area contributed by atoms with Crippen molar-refractivity contribution < 1.29 is 14.3 Å². The van der Waals surface area contributed by atoms with E-state index in [4.69, 9.17) is 4.74 Å². The summed E-state index contributed by atoms with van der Waals surface area (Å²) in [6, 6.07) is 15.3. The van der Waals surface area contributed by atoms with Gasteiger partial charge >= 0.3 is 0 Å². The van der Waals surface area contributed by atoms with Crippen LogP contribution in [0.1, 0.15) is 56.2 Å². The molecule has 5 nitrogen and oxygen atoms in total. The summed E-state index contributed by atoms with van der Waals surface area (Å²) in [6.07, 6.45) is 2.88. The number of unbranched alkanes of at least 4 members (excludes halogenated alkanes) is 1. The fourth-order valence-electron chi connectivity index (χ4n) is 3.28. The lowest BCUT2D eigenvalue weighted by Gasteiger charge is -2.29. The number of hydrogen-bond donors (Lipinski definition) is 1. The monoisotopic (exact) mass is 424 g/mol. The van der Waals surface area contributed by atoms with E-state index in [0.717, 1.165) is 29.7 Å². The van der Waals surface area contributed by atoms with E-state index in [2.05, 4.69) is 12.2 Å². The number of carbonyl (C=O) groups excluding carboxylic acids is 2. The standard InChI is InChI=1S/C26H36N2O3/c1-5-6-17-27-26(30)22(4)28(19-23-11-8-7-10-21(23)3)25(29)12-9-18-31-24-15-13-20(2)14-16-24/h7-8,10-11,13-16,22H,5-6,9,12,17-19H2,1-4H3,(H,27,30). The van der Waals surface area contributed by atoms with Gasteiger partial charge in [-0.2, -0.15) is 0 Å². The first-order valence-corrected chi connectivity index (χ1v) is 11.2. The van der Waals surface area contributed by atoms with E-state index >= 15 is 0 Å².